The Hall–Kier alpha value is -4.26. The number of hydrogen-bond donors (Lipinski definition) is 2. The quantitative estimate of drug-likeness (QED) is 0.291. The van der Waals surface area contributed by atoms with Crippen LogP contribution in [0.1, 0.15) is 54.1 Å². The van der Waals surface area contributed by atoms with Gasteiger partial charge in [0, 0.05) is 32.2 Å². The minimum Gasteiger partial charge on any atom is -0.494 e. The number of carbonyl (C=O) groups is 5. The molecule has 0 radical (unpaired) electrons. The number of quaternary nitrogens is 1. The van der Waals surface area contributed by atoms with Crippen molar-refractivity contribution in [2.45, 2.75) is 57.8 Å². The van der Waals surface area contributed by atoms with Crippen LogP contribution < -0.4 is 15.0 Å². The van der Waals surface area contributed by atoms with Crippen molar-refractivity contribution >= 4 is 29.6 Å². The summed E-state index contributed by atoms with van der Waals surface area (Å²) >= 11 is 0. The third kappa shape index (κ3) is 9.13. The van der Waals surface area contributed by atoms with Gasteiger partial charge in [0.25, 0.3) is 11.8 Å². The molecular formula is C28H31F3N3O7+. The molecule has 0 aliphatic carbocycles. The Morgan fingerprint density at radius 3 is 2.32 bits per heavy atom. The fourth-order valence-corrected chi connectivity index (χ4v) is 3.98. The highest BCUT2D eigenvalue weighted by Gasteiger charge is 2.47. The minimum atomic E-state index is -4.89. The maximum Gasteiger partial charge on any atom is 0.509 e. The number of ether oxygens (including phenoxy) is 1. The van der Waals surface area contributed by atoms with Gasteiger partial charge >= 0.3 is 18.1 Å². The van der Waals surface area contributed by atoms with Crippen LogP contribution >= 0.6 is 0 Å². The van der Waals surface area contributed by atoms with E-state index in [-0.39, 0.29) is 55.2 Å². The van der Waals surface area contributed by atoms with Gasteiger partial charge in [-0.05, 0) is 48.7 Å². The molecule has 0 bridgehead atoms. The molecule has 1 aliphatic heterocycles. The third-order valence-corrected chi connectivity index (χ3v) is 6.47. The van der Waals surface area contributed by atoms with Crippen LogP contribution in [-0.2, 0) is 37.0 Å². The first kappa shape index (κ1) is 31.3. The van der Waals surface area contributed by atoms with Gasteiger partial charge in [0.2, 0.25) is 5.91 Å². The molecular weight excluding hydrogens is 547 g/mol. The van der Waals surface area contributed by atoms with E-state index in [1.165, 1.54) is 19.2 Å². The largest absolute Gasteiger partial charge is 0.509 e. The first-order valence-corrected chi connectivity index (χ1v) is 13.0. The monoisotopic (exact) mass is 578 g/mol. The van der Waals surface area contributed by atoms with Gasteiger partial charge in [0.05, 0.1) is 25.3 Å². The van der Waals surface area contributed by atoms with Crippen LogP contribution in [0.4, 0.5) is 13.2 Å². The molecule has 1 heterocycles. The molecule has 1 saturated heterocycles. The summed E-state index contributed by atoms with van der Waals surface area (Å²) in [6.07, 6.45) is -4.04. The van der Waals surface area contributed by atoms with Crippen molar-refractivity contribution in [2.75, 3.05) is 13.7 Å². The van der Waals surface area contributed by atoms with E-state index in [1.807, 2.05) is 0 Å². The lowest BCUT2D eigenvalue weighted by molar-refractivity contribution is -0.830. The van der Waals surface area contributed by atoms with Gasteiger partial charge in [0.15, 0.2) is 0 Å². The van der Waals surface area contributed by atoms with Gasteiger partial charge in [-0.15, -0.1) is 5.06 Å². The number of carbonyl (C=O) groups excluding carboxylic acids is 5. The van der Waals surface area contributed by atoms with Crippen LogP contribution in [0.5, 0.6) is 5.75 Å². The number of likely N-dealkylation sites (N-methyl/N-ethyl adjacent to an activating group) is 1. The highest BCUT2D eigenvalue weighted by atomic mass is 19.4. The normalized spacial score (nSPS) is 14.9. The van der Waals surface area contributed by atoms with E-state index in [4.69, 9.17) is 9.57 Å². The maximum absolute atomic E-state index is 12.7. The van der Waals surface area contributed by atoms with Gasteiger partial charge in [-0.3, -0.25) is 19.3 Å². The van der Waals surface area contributed by atoms with Crippen LogP contribution in [0, 0.1) is 0 Å². The topological polar surface area (TPSA) is 124 Å². The molecule has 2 N–H and O–H groups in total. The van der Waals surface area contributed by atoms with E-state index in [1.54, 1.807) is 43.3 Å². The number of imide groups is 1. The second kappa shape index (κ2) is 13.9. The van der Waals surface area contributed by atoms with Crippen molar-refractivity contribution in [3.05, 3.63) is 65.2 Å². The molecule has 1 unspecified atom stereocenters. The van der Waals surface area contributed by atoms with Gasteiger partial charge in [-0.2, -0.15) is 13.2 Å². The smallest absolute Gasteiger partial charge is 0.494 e. The summed E-state index contributed by atoms with van der Waals surface area (Å²) in [5.41, 5.74) is 1.58. The molecule has 3 rings (SSSR count). The summed E-state index contributed by atoms with van der Waals surface area (Å²) in [6.45, 7) is 2.02. The zero-order valence-electron chi connectivity index (χ0n) is 22.6. The average molecular weight is 579 g/mol. The number of hydroxylamine groups is 2. The number of amides is 4. The fraction of sp³-hybridized carbons (Fsp3) is 0.393. The van der Waals surface area contributed by atoms with Gasteiger partial charge in [-0.25, -0.2) is 9.59 Å². The van der Waals surface area contributed by atoms with Crippen molar-refractivity contribution in [1.82, 2.24) is 10.4 Å². The number of hydrogen-bond acceptors (Lipinski definition) is 7. The predicted molar refractivity (Wildman–Crippen MR) is 137 cm³/mol. The van der Waals surface area contributed by atoms with Crippen molar-refractivity contribution in [2.24, 2.45) is 0 Å². The van der Waals surface area contributed by atoms with Crippen LogP contribution in [0.25, 0.3) is 0 Å². The number of rotatable bonds is 12. The Kier molecular flexibility index (Phi) is 10.6. The number of nitrogens with zero attached hydrogens (tertiary/aromatic N) is 1. The molecule has 0 aromatic heterocycles. The van der Waals surface area contributed by atoms with Crippen LogP contribution in [-0.4, -0.2) is 60.5 Å². The Balaban J connectivity index is 1.37. The van der Waals surface area contributed by atoms with Crippen LogP contribution in [0.2, 0.25) is 0 Å². The maximum atomic E-state index is 12.7. The molecule has 0 saturated carbocycles. The molecule has 1 aliphatic rings. The fourth-order valence-electron chi connectivity index (χ4n) is 3.98. The summed E-state index contributed by atoms with van der Waals surface area (Å²) in [5.74, 6) is -3.50. The highest BCUT2D eigenvalue weighted by Crippen LogP contribution is 2.17. The second-order valence-corrected chi connectivity index (χ2v) is 9.65. The second-order valence-electron chi connectivity index (χ2n) is 9.65. The predicted octanol–water partition coefficient (Wildman–Crippen LogP) is 1.92. The minimum absolute atomic E-state index is 0.00312. The molecule has 41 heavy (non-hydrogen) atoms. The van der Waals surface area contributed by atoms with Crippen LogP contribution in [0.15, 0.2) is 48.5 Å². The highest BCUT2D eigenvalue weighted by molar-refractivity contribution is 6.02. The zero-order valence-corrected chi connectivity index (χ0v) is 22.6. The molecule has 2 atom stereocenters. The van der Waals surface area contributed by atoms with Crippen molar-refractivity contribution in [3.63, 3.8) is 0 Å². The first-order chi connectivity index (χ1) is 19.3. The van der Waals surface area contributed by atoms with Crippen LogP contribution in [0.3, 0.4) is 0 Å². The first-order valence-electron chi connectivity index (χ1n) is 13.0. The Morgan fingerprint density at radius 1 is 1.02 bits per heavy atom. The number of halogens is 3. The molecule has 13 heteroatoms. The number of nitrogens with one attached hydrogen (secondary N) is 2. The summed E-state index contributed by atoms with van der Waals surface area (Å²) in [6, 6.07) is 12.4. The molecule has 4 amide bonds. The molecule has 220 valence electrons. The van der Waals surface area contributed by atoms with E-state index in [0.717, 1.165) is 11.1 Å². The number of benzene rings is 2. The lowest BCUT2D eigenvalue weighted by Gasteiger charge is -2.20. The number of alkyl halides is 3. The molecule has 10 nitrogen and oxygen atoms in total. The van der Waals surface area contributed by atoms with Gasteiger partial charge < -0.3 is 14.9 Å². The lowest BCUT2D eigenvalue weighted by Crippen LogP contribution is -3.17. The Morgan fingerprint density at radius 2 is 1.68 bits per heavy atom. The van der Waals surface area contributed by atoms with E-state index < -0.39 is 35.9 Å². The van der Waals surface area contributed by atoms with Crippen molar-refractivity contribution < 1.29 is 51.6 Å². The van der Waals surface area contributed by atoms with E-state index >= 15 is 0 Å². The van der Waals surface area contributed by atoms with E-state index in [9.17, 15) is 37.1 Å². The Bertz CT molecular complexity index is 1270. The molecule has 1 fully saturated rings. The summed E-state index contributed by atoms with van der Waals surface area (Å²) in [5, 5.41) is 3.23. The lowest BCUT2D eigenvalue weighted by atomic mass is 10.1. The average Bonchev–Trinajstić information content (AvgIpc) is 3.25. The van der Waals surface area contributed by atoms with E-state index in [2.05, 4.69) is 5.32 Å². The SMILES string of the molecule is C[C@@H](Cc1cccc(OCCCC(=O)NCc2ccc(C(=O)ON3C(=O)CCC3=O)cc2)c1)[NH+](C)C(=O)C(F)(F)F. The third-order valence-electron chi connectivity index (χ3n) is 6.47. The zero-order chi connectivity index (χ0) is 30.2. The molecule has 0 spiro atoms. The summed E-state index contributed by atoms with van der Waals surface area (Å²) in [7, 11) is 1.20. The molecule has 2 aromatic rings. The van der Waals surface area contributed by atoms with E-state index in [0.29, 0.717) is 17.2 Å². The van der Waals surface area contributed by atoms with Crippen molar-refractivity contribution in [3.8, 4) is 5.75 Å². The van der Waals surface area contributed by atoms with Gasteiger partial charge in [-0.1, -0.05) is 24.3 Å². The van der Waals surface area contributed by atoms with Gasteiger partial charge in [0.1, 0.15) is 5.75 Å². The standard InChI is InChI=1S/C28H30F3N3O7/c1-18(33(2)27(39)28(29,30)31)15-20-5-3-6-22(16-20)40-14-4-7-23(35)32-17-19-8-10-21(11-9-19)26(38)41-34-24(36)12-13-25(34)37/h3,5-6,8-11,16,18H,4,7,12-15,17H2,1-2H3,(H,32,35)/p+1/t18-/m0/s1. The van der Waals surface area contributed by atoms with Crippen molar-refractivity contribution in [1.29, 1.82) is 0 Å². The summed E-state index contributed by atoms with van der Waals surface area (Å²) < 4.78 is 43.8. The molecule has 2 aromatic carbocycles. The summed E-state index contributed by atoms with van der Waals surface area (Å²) in [4.78, 5) is 63.6. The Labute approximate surface area is 234 Å².